The molecular weight excluding hydrogens is 679 g/mol. The second kappa shape index (κ2) is 17.7. The largest absolute Gasteiger partial charge is 0.480 e. The Labute approximate surface area is 320 Å². The summed E-state index contributed by atoms with van der Waals surface area (Å²) >= 11 is 1.48. The van der Waals surface area contributed by atoms with E-state index in [0.717, 1.165) is 45.7 Å². The standard InChI is InChI=1S/C45H59N3O4S/c1-5-6-7-9-30-11-15-32(16-12-30)33-19-21-34(22-20-33)37-28-46-42(47-29-37)35-17-13-31(14-18-35)26-36(43(50)48-25-8-10-38(48)44(51)52)27-39(49)40-23-24-41(53-40)45(2,3)4/h13-14,17-18,21,23-24,28-30,32-33,36,38H,5-12,15-16,19-20,22,25-27H2,1-4H3,(H,51,52)/t30?,32?,33?,36-,38+/m1/s1. The molecule has 3 heterocycles. The van der Waals surface area contributed by atoms with Crippen LogP contribution in [0.2, 0.25) is 0 Å². The Kier molecular flexibility index (Phi) is 13.0. The maximum absolute atomic E-state index is 13.9. The summed E-state index contributed by atoms with van der Waals surface area (Å²) < 4.78 is 0. The third kappa shape index (κ3) is 9.92. The molecule has 1 saturated heterocycles. The second-order valence-electron chi connectivity index (χ2n) is 17.0. The molecule has 3 aromatic rings. The van der Waals surface area contributed by atoms with E-state index in [1.54, 1.807) is 0 Å². The quantitative estimate of drug-likeness (QED) is 0.131. The first-order valence-corrected chi connectivity index (χ1v) is 21.1. The number of nitrogens with zero attached hydrogens (tertiary/aromatic N) is 3. The number of ketones is 1. The number of aliphatic carboxylic acids is 1. The lowest BCUT2D eigenvalue weighted by Gasteiger charge is -2.35. The number of hydrogen-bond donors (Lipinski definition) is 1. The molecule has 7 nitrogen and oxygen atoms in total. The molecule has 1 aliphatic heterocycles. The van der Waals surface area contributed by atoms with Crippen molar-refractivity contribution in [2.24, 2.45) is 23.7 Å². The van der Waals surface area contributed by atoms with E-state index >= 15 is 0 Å². The summed E-state index contributed by atoms with van der Waals surface area (Å²) in [6.45, 7) is 9.04. The minimum absolute atomic E-state index is 0.0366. The number of Topliss-reactive ketones (excluding diaryl/α,β-unsaturated/α-hetero) is 1. The molecule has 1 unspecified atom stereocenters. The zero-order chi connectivity index (χ0) is 37.5. The smallest absolute Gasteiger partial charge is 0.326 e. The molecule has 3 aliphatic rings. The number of unbranched alkanes of at least 4 members (excludes halogenated alkanes) is 2. The van der Waals surface area contributed by atoms with Gasteiger partial charge in [-0.15, -0.1) is 11.3 Å². The van der Waals surface area contributed by atoms with Crippen molar-refractivity contribution in [3.8, 4) is 11.4 Å². The summed E-state index contributed by atoms with van der Waals surface area (Å²) in [5.74, 6) is 1.33. The maximum atomic E-state index is 13.9. The van der Waals surface area contributed by atoms with E-state index in [1.165, 1.54) is 86.0 Å². The first-order valence-electron chi connectivity index (χ1n) is 20.3. The van der Waals surface area contributed by atoms with Crippen LogP contribution in [0, 0.1) is 23.7 Å². The van der Waals surface area contributed by atoms with Crippen LogP contribution in [0.15, 0.2) is 54.9 Å². The molecule has 53 heavy (non-hydrogen) atoms. The van der Waals surface area contributed by atoms with E-state index in [4.69, 9.17) is 9.97 Å². The van der Waals surface area contributed by atoms with E-state index in [0.29, 0.717) is 36.5 Å². The number of carbonyl (C=O) groups excluding carboxylic acids is 2. The van der Waals surface area contributed by atoms with Crippen LogP contribution in [0.4, 0.5) is 0 Å². The molecule has 0 bridgehead atoms. The summed E-state index contributed by atoms with van der Waals surface area (Å²) in [6, 6.07) is 10.9. The minimum Gasteiger partial charge on any atom is -0.480 e. The molecule has 1 amide bonds. The Hall–Kier alpha value is -3.65. The number of benzene rings is 1. The minimum atomic E-state index is -0.987. The molecule has 0 radical (unpaired) electrons. The molecule has 6 rings (SSSR count). The van der Waals surface area contributed by atoms with Crippen molar-refractivity contribution in [1.29, 1.82) is 0 Å². The predicted octanol–water partition coefficient (Wildman–Crippen LogP) is 10.6. The number of hydrogen-bond acceptors (Lipinski definition) is 6. The Morgan fingerprint density at radius 2 is 1.64 bits per heavy atom. The van der Waals surface area contributed by atoms with E-state index in [9.17, 15) is 19.5 Å². The van der Waals surface area contributed by atoms with Crippen LogP contribution in [0.3, 0.4) is 0 Å². The van der Waals surface area contributed by atoms with Crippen LogP contribution >= 0.6 is 11.3 Å². The van der Waals surface area contributed by atoms with Crippen LogP contribution in [0.5, 0.6) is 0 Å². The van der Waals surface area contributed by atoms with Crippen LogP contribution < -0.4 is 0 Å². The number of rotatable bonds is 14. The van der Waals surface area contributed by atoms with Gasteiger partial charge < -0.3 is 10.0 Å². The van der Waals surface area contributed by atoms with Gasteiger partial charge in [-0.1, -0.05) is 96.6 Å². The van der Waals surface area contributed by atoms with Crippen LogP contribution in [-0.2, 0) is 21.4 Å². The fraction of sp³-hybridized carbons (Fsp3) is 0.578. The zero-order valence-electron chi connectivity index (χ0n) is 32.3. The lowest BCUT2D eigenvalue weighted by molar-refractivity contribution is -0.149. The molecule has 2 aliphatic carbocycles. The van der Waals surface area contributed by atoms with Crippen molar-refractivity contribution in [2.75, 3.05) is 6.54 Å². The molecule has 1 N–H and O–H groups in total. The van der Waals surface area contributed by atoms with Crippen molar-refractivity contribution in [1.82, 2.24) is 14.9 Å². The fourth-order valence-corrected chi connectivity index (χ4v) is 9.89. The highest BCUT2D eigenvalue weighted by atomic mass is 32.1. The second-order valence-corrected chi connectivity index (χ2v) is 18.1. The highest BCUT2D eigenvalue weighted by Crippen LogP contribution is 2.42. The lowest BCUT2D eigenvalue weighted by atomic mass is 9.70. The van der Waals surface area contributed by atoms with E-state index in [-0.39, 0.29) is 23.5 Å². The molecule has 2 fully saturated rings. The van der Waals surface area contributed by atoms with Gasteiger partial charge in [-0.3, -0.25) is 9.59 Å². The number of likely N-dealkylation sites (tertiary alicyclic amines) is 1. The van der Waals surface area contributed by atoms with Crippen molar-refractivity contribution in [3.63, 3.8) is 0 Å². The van der Waals surface area contributed by atoms with Gasteiger partial charge in [0.05, 0.1) is 4.88 Å². The number of aromatic nitrogens is 2. The Balaban J connectivity index is 1.08. The molecule has 1 aromatic carbocycles. The van der Waals surface area contributed by atoms with Gasteiger partial charge in [0.15, 0.2) is 11.6 Å². The maximum Gasteiger partial charge on any atom is 0.326 e. The van der Waals surface area contributed by atoms with Gasteiger partial charge in [0.25, 0.3) is 0 Å². The number of carbonyl (C=O) groups is 3. The van der Waals surface area contributed by atoms with Gasteiger partial charge in [-0.05, 0) is 97.8 Å². The van der Waals surface area contributed by atoms with Crippen molar-refractivity contribution >= 4 is 34.6 Å². The molecule has 2 aromatic heterocycles. The molecule has 0 spiro atoms. The van der Waals surface area contributed by atoms with Crippen molar-refractivity contribution in [3.05, 3.63) is 75.7 Å². The average Bonchev–Trinajstić information content (AvgIpc) is 3.87. The number of carboxylic acid groups (broad SMARTS) is 1. The molecular formula is C45H59N3O4S. The van der Waals surface area contributed by atoms with Gasteiger partial charge in [0.2, 0.25) is 5.91 Å². The fourth-order valence-electron chi connectivity index (χ4n) is 8.88. The summed E-state index contributed by atoms with van der Waals surface area (Å²) in [6.07, 6.45) is 22.6. The summed E-state index contributed by atoms with van der Waals surface area (Å²) in [5.41, 5.74) is 4.20. The summed E-state index contributed by atoms with van der Waals surface area (Å²) in [4.78, 5) is 52.1. The van der Waals surface area contributed by atoms with Gasteiger partial charge in [0, 0.05) is 47.3 Å². The average molecular weight is 738 g/mol. The number of amides is 1. The third-order valence-electron chi connectivity index (χ3n) is 12.2. The van der Waals surface area contributed by atoms with Crippen molar-refractivity contribution in [2.45, 2.75) is 135 Å². The first kappa shape index (κ1) is 39.1. The number of carboxylic acids is 1. The Morgan fingerprint density at radius 1 is 0.906 bits per heavy atom. The predicted molar refractivity (Wildman–Crippen MR) is 214 cm³/mol. The summed E-state index contributed by atoms with van der Waals surface area (Å²) in [5, 5.41) is 9.79. The Bertz CT molecular complexity index is 1730. The molecule has 1 saturated carbocycles. The number of allylic oxidation sites excluding steroid dienone is 2. The normalized spacial score (nSPS) is 22.7. The Morgan fingerprint density at radius 3 is 2.26 bits per heavy atom. The highest BCUT2D eigenvalue weighted by Gasteiger charge is 2.38. The number of thiophene rings is 1. The van der Waals surface area contributed by atoms with Crippen molar-refractivity contribution < 1.29 is 19.5 Å². The summed E-state index contributed by atoms with van der Waals surface area (Å²) in [7, 11) is 0. The van der Waals surface area contributed by atoms with Crippen LogP contribution in [0.1, 0.15) is 143 Å². The topological polar surface area (TPSA) is 100 Å². The van der Waals surface area contributed by atoms with Gasteiger partial charge in [-0.2, -0.15) is 0 Å². The molecule has 3 atom stereocenters. The SMILES string of the molecule is CCCCCC1CCC(C2CC=C(c3cnc(-c4ccc(C[C@H](CC(=O)c5ccc(C(C)(C)C)s5)C(=O)N5CCC[C@H]5C(=O)O)cc4)nc3)CC2)CC1. The highest BCUT2D eigenvalue weighted by molar-refractivity contribution is 7.14. The molecule has 284 valence electrons. The van der Waals surface area contributed by atoms with Crippen LogP contribution in [-0.4, -0.2) is 50.2 Å². The first-order chi connectivity index (χ1) is 25.5. The van der Waals surface area contributed by atoms with E-state index < -0.39 is 17.9 Å². The van der Waals surface area contributed by atoms with E-state index in [2.05, 4.69) is 33.8 Å². The van der Waals surface area contributed by atoms with Gasteiger partial charge >= 0.3 is 5.97 Å². The lowest BCUT2D eigenvalue weighted by Crippen LogP contribution is -2.44. The van der Waals surface area contributed by atoms with Crippen LogP contribution in [0.25, 0.3) is 17.0 Å². The van der Waals surface area contributed by atoms with E-state index in [1.807, 2.05) is 48.8 Å². The van der Waals surface area contributed by atoms with Gasteiger partial charge in [-0.25, -0.2) is 14.8 Å². The molecule has 8 heteroatoms. The monoisotopic (exact) mass is 737 g/mol. The zero-order valence-corrected chi connectivity index (χ0v) is 33.1. The van der Waals surface area contributed by atoms with Gasteiger partial charge in [0.1, 0.15) is 6.04 Å². The third-order valence-corrected chi connectivity index (χ3v) is 13.7.